The molecule has 0 radical (unpaired) electrons. The van der Waals surface area contributed by atoms with Crippen molar-refractivity contribution in [1.29, 1.82) is 0 Å². The number of hydrogen-bond donors (Lipinski definition) is 0. The van der Waals surface area contributed by atoms with Crippen molar-refractivity contribution in [2.24, 2.45) is 0 Å². The van der Waals surface area contributed by atoms with Gasteiger partial charge in [-0.1, -0.05) is 23.7 Å². The van der Waals surface area contributed by atoms with Crippen molar-refractivity contribution >= 4 is 31.0 Å². The van der Waals surface area contributed by atoms with Gasteiger partial charge in [0.05, 0.1) is 17.7 Å². The Kier molecular flexibility index (Phi) is 6.61. The van der Waals surface area contributed by atoms with Crippen LogP contribution in [0.25, 0.3) is 0 Å². The lowest BCUT2D eigenvalue weighted by molar-refractivity contribution is -0.0382. The van der Waals surface area contributed by atoms with E-state index >= 15 is 0 Å². The van der Waals surface area contributed by atoms with Gasteiger partial charge in [0, 0.05) is 7.11 Å². The first-order valence-electron chi connectivity index (χ1n) is 7.40. The Hall–Kier alpha value is -1.61. The smallest absolute Gasteiger partial charge is 0.196 e. The molecule has 0 bridgehead atoms. The Balaban J connectivity index is 2.21. The number of ether oxygens (including phenoxy) is 3. The second kappa shape index (κ2) is 8.48. The third-order valence-corrected chi connectivity index (χ3v) is 5.12. The predicted molar refractivity (Wildman–Crippen MR) is 98.6 cm³/mol. The van der Waals surface area contributed by atoms with E-state index in [1.807, 2.05) is 32.0 Å². The lowest BCUT2D eigenvalue weighted by Crippen LogP contribution is -2.14. The number of halogens is 1. The summed E-state index contributed by atoms with van der Waals surface area (Å²) in [7, 11) is 3.07. The zero-order valence-corrected chi connectivity index (χ0v) is 15.8. The molecule has 0 aliphatic heterocycles. The van der Waals surface area contributed by atoms with Crippen LogP contribution in [-0.4, -0.2) is 26.0 Å². The largest absolute Gasteiger partial charge is 0.496 e. The topological polar surface area (TPSA) is 44.8 Å². The van der Waals surface area contributed by atoms with Gasteiger partial charge in [-0.2, -0.15) is 0 Å². The zero-order valence-electron chi connectivity index (χ0n) is 14.1. The lowest BCUT2D eigenvalue weighted by atomic mass is 10.2. The van der Waals surface area contributed by atoms with Crippen molar-refractivity contribution in [3.8, 4) is 11.5 Å². The zero-order chi connectivity index (χ0) is 17.7. The highest BCUT2D eigenvalue weighted by Crippen LogP contribution is 2.33. The molecule has 0 spiro atoms. The first-order chi connectivity index (χ1) is 11.5. The number of hydrogen-bond acceptors (Lipinski definition) is 4. The fraction of sp³-hybridized carbons (Fsp3) is 0.278. The summed E-state index contributed by atoms with van der Waals surface area (Å²) in [5.41, 5.74) is 1.35. The van der Waals surface area contributed by atoms with Gasteiger partial charge in [0.25, 0.3) is 0 Å². The van der Waals surface area contributed by atoms with Crippen LogP contribution in [0.3, 0.4) is 0 Å². The third-order valence-electron chi connectivity index (χ3n) is 3.50. The third kappa shape index (κ3) is 4.47. The van der Waals surface area contributed by atoms with Crippen LogP contribution in [0, 0.1) is 6.92 Å². The molecular formula is C18H20ClO4P. The molecule has 0 saturated heterocycles. The van der Waals surface area contributed by atoms with E-state index in [4.69, 9.17) is 25.8 Å². The minimum Gasteiger partial charge on any atom is -0.496 e. The standard InChI is InChI=1S/C18H20ClO4P/c1-11-10-13(23-12(2)21-3)8-9-16(11)24-18(20)17-14(19)6-5-7-15(17)22-4/h5-10,12,24H,1-4H3. The van der Waals surface area contributed by atoms with E-state index in [0.717, 1.165) is 10.9 Å². The quantitative estimate of drug-likeness (QED) is 0.545. The van der Waals surface area contributed by atoms with Crippen LogP contribution in [0.5, 0.6) is 11.5 Å². The first kappa shape index (κ1) is 18.7. The Morgan fingerprint density at radius 1 is 1.21 bits per heavy atom. The van der Waals surface area contributed by atoms with Crippen molar-refractivity contribution < 1.29 is 19.0 Å². The van der Waals surface area contributed by atoms with Crippen molar-refractivity contribution in [1.82, 2.24) is 0 Å². The molecule has 4 nitrogen and oxygen atoms in total. The van der Waals surface area contributed by atoms with Crippen molar-refractivity contribution in [2.45, 2.75) is 20.1 Å². The van der Waals surface area contributed by atoms with Crippen LogP contribution in [0.15, 0.2) is 36.4 Å². The van der Waals surface area contributed by atoms with Gasteiger partial charge in [-0.3, -0.25) is 4.79 Å². The SMILES string of the molecule is COc1cccc(Cl)c1C(=O)Pc1ccc(OC(C)OC)cc1C. The second-order valence-electron chi connectivity index (χ2n) is 5.17. The van der Waals surface area contributed by atoms with E-state index in [-0.39, 0.29) is 20.4 Å². The van der Waals surface area contributed by atoms with Crippen molar-refractivity contribution in [2.75, 3.05) is 14.2 Å². The highest BCUT2D eigenvalue weighted by molar-refractivity contribution is 7.66. The summed E-state index contributed by atoms with van der Waals surface area (Å²) in [6, 6.07) is 10.8. The molecule has 2 aromatic carbocycles. The Morgan fingerprint density at radius 3 is 2.58 bits per heavy atom. The molecule has 2 aromatic rings. The molecule has 0 saturated carbocycles. The molecule has 0 N–H and O–H groups in total. The fourth-order valence-electron chi connectivity index (χ4n) is 2.17. The molecule has 0 aliphatic rings. The van der Waals surface area contributed by atoms with E-state index in [9.17, 15) is 4.79 Å². The maximum absolute atomic E-state index is 12.7. The van der Waals surface area contributed by atoms with Crippen LogP contribution in [0.1, 0.15) is 22.8 Å². The molecule has 2 atom stereocenters. The average Bonchev–Trinajstić information content (AvgIpc) is 2.56. The van der Waals surface area contributed by atoms with Gasteiger partial charge in [0.2, 0.25) is 0 Å². The Morgan fingerprint density at radius 2 is 1.96 bits per heavy atom. The molecule has 128 valence electrons. The number of aryl methyl sites for hydroxylation is 1. The summed E-state index contributed by atoms with van der Waals surface area (Å²) in [4.78, 5) is 12.7. The predicted octanol–water partition coefficient (Wildman–Crippen LogP) is 4.17. The number of carbonyl (C=O) groups excluding carboxylic acids is 1. The monoisotopic (exact) mass is 366 g/mol. The normalized spacial score (nSPS) is 12.4. The Labute approximate surface area is 148 Å². The highest BCUT2D eigenvalue weighted by Gasteiger charge is 2.17. The molecule has 0 aromatic heterocycles. The minimum absolute atomic E-state index is 0.0473. The van der Waals surface area contributed by atoms with E-state index < -0.39 is 0 Å². The highest BCUT2D eigenvalue weighted by atomic mass is 35.5. The van der Waals surface area contributed by atoms with E-state index in [1.165, 1.54) is 7.11 Å². The van der Waals surface area contributed by atoms with Gasteiger partial charge in [0.15, 0.2) is 11.8 Å². The molecule has 2 rings (SSSR count). The number of benzene rings is 2. The second-order valence-corrected chi connectivity index (χ2v) is 6.82. The van der Waals surface area contributed by atoms with Crippen molar-refractivity contribution in [3.63, 3.8) is 0 Å². The number of carbonyl (C=O) groups is 1. The van der Waals surface area contributed by atoms with Crippen LogP contribution in [0.2, 0.25) is 5.02 Å². The van der Waals surface area contributed by atoms with Crippen molar-refractivity contribution in [3.05, 3.63) is 52.5 Å². The summed E-state index contributed by atoms with van der Waals surface area (Å²) in [5, 5.41) is 1.35. The van der Waals surface area contributed by atoms with E-state index in [2.05, 4.69) is 0 Å². The summed E-state index contributed by atoms with van der Waals surface area (Å²) >= 11 is 6.18. The van der Waals surface area contributed by atoms with Gasteiger partial charge in [-0.05, 0) is 57.6 Å². The summed E-state index contributed by atoms with van der Waals surface area (Å²) in [6.07, 6.45) is -0.327. The average molecular weight is 367 g/mol. The molecule has 6 heteroatoms. The van der Waals surface area contributed by atoms with Gasteiger partial charge >= 0.3 is 0 Å². The first-order valence-corrected chi connectivity index (χ1v) is 8.78. The molecule has 2 unspecified atom stereocenters. The summed E-state index contributed by atoms with van der Waals surface area (Å²) < 4.78 is 15.9. The van der Waals surface area contributed by atoms with Gasteiger partial charge in [0.1, 0.15) is 11.5 Å². The summed E-state index contributed by atoms with van der Waals surface area (Å²) in [5.74, 6) is 1.20. The van der Waals surface area contributed by atoms with E-state index in [0.29, 0.717) is 22.1 Å². The van der Waals surface area contributed by atoms with Gasteiger partial charge in [-0.25, -0.2) is 0 Å². The molecule has 0 aliphatic carbocycles. The number of rotatable bonds is 7. The van der Waals surface area contributed by atoms with Crippen LogP contribution < -0.4 is 14.8 Å². The lowest BCUT2D eigenvalue weighted by Gasteiger charge is -2.15. The van der Waals surface area contributed by atoms with E-state index in [1.54, 1.807) is 25.3 Å². The molecular weight excluding hydrogens is 347 g/mol. The molecule has 0 fully saturated rings. The molecule has 0 amide bonds. The fourth-order valence-corrected chi connectivity index (χ4v) is 3.56. The molecule has 24 heavy (non-hydrogen) atoms. The maximum atomic E-state index is 12.7. The van der Waals surface area contributed by atoms with Crippen LogP contribution >= 0.6 is 20.2 Å². The van der Waals surface area contributed by atoms with Crippen LogP contribution in [-0.2, 0) is 4.74 Å². The maximum Gasteiger partial charge on any atom is 0.196 e. The van der Waals surface area contributed by atoms with Gasteiger partial charge < -0.3 is 14.2 Å². The van der Waals surface area contributed by atoms with Crippen LogP contribution in [0.4, 0.5) is 0 Å². The minimum atomic E-state index is -0.327. The molecule has 0 heterocycles. The number of methoxy groups -OCH3 is 2. The van der Waals surface area contributed by atoms with Gasteiger partial charge in [-0.15, -0.1) is 0 Å². The summed E-state index contributed by atoms with van der Waals surface area (Å²) in [6.45, 7) is 3.77. The Bertz CT molecular complexity index is 733.